The summed E-state index contributed by atoms with van der Waals surface area (Å²) in [5.74, 6) is 0. The molecule has 52 valence electrons. The van der Waals surface area contributed by atoms with Crippen LogP contribution in [0.15, 0.2) is 4.78 Å². The molecule has 0 spiro atoms. The average Bonchev–Trinajstić information content (AvgIpc) is 1.91. The van der Waals surface area contributed by atoms with Crippen molar-refractivity contribution in [2.75, 3.05) is 6.61 Å². The average molecular weight is 144 g/mol. The van der Waals surface area contributed by atoms with Crippen LogP contribution in [-0.2, 0) is 4.74 Å². The lowest BCUT2D eigenvalue weighted by atomic mass is 10.2. The lowest BCUT2D eigenvalue weighted by Crippen LogP contribution is -2.23. The summed E-state index contributed by atoms with van der Waals surface area (Å²) >= 11 is 0. The van der Waals surface area contributed by atoms with Crippen molar-refractivity contribution in [3.63, 3.8) is 0 Å². The topological polar surface area (TPSA) is 45.4 Å². The van der Waals surface area contributed by atoms with Gasteiger partial charge in [0.25, 0.3) is 0 Å². The van der Waals surface area contributed by atoms with E-state index in [1.54, 1.807) is 0 Å². The first kappa shape index (κ1) is 6.89. The number of ether oxygens (including phenoxy) is 1. The van der Waals surface area contributed by atoms with Crippen LogP contribution in [0.4, 0.5) is 0 Å². The van der Waals surface area contributed by atoms with E-state index >= 15 is 0 Å². The van der Waals surface area contributed by atoms with Gasteiger partial charge in [-0.05, 0) is 19.3 Å². The van der Waals surface area contributed by atoms with E-state index < -0.39 is 9.68 Å². The Labute approximate surface area is 57.2 Å². The van der Waals surface area contributed by atoms with Crippen molar-refractivity contribution < 1.29 is 4.74 Å². The highest BCUT2D eigenvalue weighted by Crippen LogP contribution is 2.10. The van der Waals surface area contributed by atoms with Gasteiger partial charge < -0.3 is 4.74 Å². The summed E-state index contributed by atoms with van der Waals surface area (Å²) in [6.07, 6.45) is 3.62. The van der Waals surface area contributed by atoms with Gasteiger partial charge in [0.1, 0.15) is 0 Å². The molecule has 0 aromatic rings. The molecule has 0 aromatic carbocycles. The molecule has 4 heteroatoms. The Bertz CT molecular complexity index is 93.0. The fraction of sp³-hybridized carbons (Fsp3) is 1.00. The van der Waals surface area contributed by atoms with Crippen molar-refractivity contribution in [1.29, 1.82) is 5.53 Å². The molecule has 0 radical (unpaired) electrons. The monoisotopic (exact) mass is 144 g/mol. The van der Waals surface area contributed by atoms with Gasteiger partial charge >= 0.3 is 0 Å². The Morgan fingerprint density at radius 2 is 2.44 bits per heavy atom. The lowest BCUT2D eigenvalue weighted by molar-refractivity contribution is 0.0649. The SMILES string of the molecule is N=N[SiH2]C1CCCCO1. The zero-order valence-electron chi connectivity index (χ0n) is 5.47. The van der Waals surface area contributed by atoms with Crippen molar-refractivity contribution in [2.45, 2.75) is 25.0 Å². The quantitative estimate of drug-likeness (QED) is 0.448. The summed E-state index contributed by atoms with van der Waals surface area (Å²) in [6.45, 7) is 0.896. The summed E-state index contributed by atoms with van der Waals surface area (Å²) in [5, 5.41) is 0. The van der Waals surface area contributed by atoms with Crippen LogP contribution in [0.1, 0.15) is 19.3 Å². The predicted molar refractivity (Wildman–Crippen MR) is 37.3 cm³/mol. The van der Waals surface area contributed by atoms with Gasteiger partial charge in [0, 0.05) is 6.61 Å². The van der Waals surface area contributed by atoms with Gasteiger partial charge in [0.2, 0.25) is 9.68 Å². The molecular formula is C5H12N2OSi. The van der Waals surface area contributed by atoms with Crippen molar-refractivity contribution in [3.8, 4) is 0 Å². The molecule has 0 saturated carbocycles. The first-order valence-corrected chi connectivity index (χ1v) is 4.83. The Morgan fingerprint density at radius 3 is 3.00 bits per heavy atom. The summed E-state index contributed by atoms with van der Waals surface area (Å²) in [6, 6.07) is 0. The molecule has 1 saturated heterocycles. The minimum atomic E-state index is -0.555. The van der Waals surface area contributed by atoms with Crippen LogP contribution >= 0.6 is 0 Å². The molecule has 1 N–H and O–H groups in total. The van der Waals surface area contributed by atoms with Gasteiger partial charge in [-0.25, -0.2) is 10.3 Å². The second-order valence-electron chi connectivity index (χ2n) is 2.33. The molecule has 0 aliphatic carbocycles. The van der Waals surface area contributed by atoms with Crippen LogP contribution in [0.5, 0.6) is 0 Å². The highest BCUT2D eigenvalue weighted by molar-refractivity contribution is 6.34. The van der Waals surface area contributed by atoms with Crippen molar-refractivity contribution in [3.05, 3.63) is 0 Å². The van der Waals surface area contributed by atoms with E-state index in [4.69, 9.17) is 10.3 Å². The largest absolute Gasteiger partial charge is 0.380 e. The van der Waals surface area contributed by atoms with Crippen LogP contribution in [0.25, 0.3) is 0 Å². The number of hydrogen-bond acceptors (Lipinski definition) is 3. The summed E-state index contributed by atoms with van der Waals surface area (Å²) in [7, 11) is -0.555. The zero-order valence-corrected chi connectivity index (χ0v) is 6.88. The third kappa shape index (κ3) is 2.23. The molecule has 1 unspecified atom stereocenters. The maximum Gasteiger partial charge on any atom is 0.207 e. The molecule has 9 heavy (non-hydrogen) atoms. The summed E-state index contributed by atoms with van der Waals surface area (Å²) in [5.41, 5.74) is 7.03. The van der Waals surface area contributed by atoms with E-state index in [-0.39, 0.29) is 0 Å². The van der Waals surface area contributed by atoms with E-state index in [0.29, 0.717) is 5.73 Å². The summed E-state index contributed by atoms with van der Waals surface area (Å²) in [4.78, 5) is 0. The molecular weight excluding hydrogens is 132 g/mol. The Kier molecular flexibility index (Phi) is 2.86. The number of nitrogens with one attached hydrogen (secondary N) is 1. The van der Waals surface area contributed by atoms with Crippen LogP contribution < -0.4 is 0 Å². The fourth-order valence-corrected chi connectivity index (χ4v) is 2.00. The molecule has 1 aliphatic rings. The molecule has 1 fully saturated rings. The number of nitrogens with zero attached hydrogens (tertiary/aromatic N) is 1. The standard InChI is InChI=1S/C5H12N2OSi/c6-7-9-5-3-1-2-4-8-5/h5-6H,1-4,9H2. The van der Waals surface area contributed by atoms with Gasteiger partial charge in [-0.2, -0.15) is 0 Å². The van der Waals surface area contributed by atoms with Crippen LogP contribution in [-0.4, -0.2) is 22.0 Å². The molecule has 0 bridgehead atoms. The van der Waals surface area contributed by atoms with E-state index in [1.165, 1.54) is 12.8 Å². The molecule has 0 amide bonds. The maximum absolute atomic E-state index is 6.65. The van der Waals surface area contributed by atoms with Crippen molar-refractivity contribution in [1.82, 2.24) is 0 Å². The minimum Gasteiger partial charge on any atom is -0.380 e. The zero-order chi connectivity index (χ0) is 6.53. The Hall–Kier alpha value is -0.223. The molecule has 0 aromatic heterocycles. The molecule has 1 atom stereocenters. The van der Waals surface area contributed by atoms with Crippen molar-refractivity contribution in [2.24, 2.45) is 4.78 Å². The smallest absolute Gasteiger partial charge is 0.207 e. The van der Waals surface area contributed by atoms with Gasteiger partial charge in [-0.15, -0.1) is 0 Å². The normalized spacial score (nSPS) is 29.1. The van der Waals surface area contributed by atoms with Crippen LogP contribution in [0.2, 0.25) is 0 Å². The van der Waals surface area contributed by atoms with Gasteiger partial charge in [0.15, 0.2) is 0 Å². The van der Waals surface area contributed by atoms with E-state index in [9.17, 15) is 0 Å². The Morgan fingerprint density at radius 1 is 1.56 bits per heavy atom. The molecule has 1 heterocycles. The van der Waals surface area contributed by atoms with Gasteiger partial charge in [0.05, 0.1) is 5.73 Å². The lowest BCUT2D eigenvalue weighted by Gasteiger charge is -2.19. The highest BCUT2D eigenvalue weighted by Gasteiger charge is 2.12. The highest BCUT2D eigenvalue weighted by atomic mass is 28.2. The van der Waals surface area contributed by atoms with Crippen molar-refractivity contribution >= 4 is 9.68 Å². The van der Waals surface area contributed by atoms with E-state index in [1.807, 2.05) is 0 Å². The minimum absolute atomic E-state index is 0.385. The second-order valence-corrected chi connectivity index (χ2v) is 3.92. The summed E-state index contributed by atoms with van der Waals surface area (Å²) < 4.78 is 8.79. The molecule has 3 nitrogen and oxygen atoms in total. The van der Waals surface area contributed by atoms with E-state index in [2.05, 4.69) is 4.78 Å². The van der Waals surface area contributed by atoms with E-state index in [0.717, 1.165) is 13.0 Å². The number of rotatable bonds is 2. The number of hydrogen-bond donors (Lipinski definition) is 1. The maximum atomic E-state index is 6.65. The fourth-order valence-electron chi connectivity index (χ4n) is 1.05. The Balaban J connectivity index is 2.15. The first-order valence-electron chi connectivity index (χ1n) is 3.38. The van der Waals surface area contributed by atoms with Gasteiger partial charge in [-0.1, -0.05) is 0 Å². The molecule has 1 aliphatic heterocycles. The first-order chi connectivity index (χ1) is 4.43. The van der Waals surface area contributed by atoms with Gasteiger partial charge in [-0.3, -0.25) is 0 Å². The van der Waals surface area contributed by atoms with Crippen LogP contribution in [0.3, 0.4) is 0 Å². The predicted octanol–water partition coefficient (Wildman–Crippen LogP) is 0.628. The third-order valence-corrected chi connectivity index (χ3v) is 2.80. The van der Waals surface area contributed by atoms with Crippen LogP contribution in [0, 0.1) is 5.53 Å². The second kappa shape index (κ2) is 3.74. The molecule has 1 rings (SSSR count). The third-order valence-electron chi connectivity index (χ3n) is 1.57.